The van der Waals surface area contributed by atoms with Crippen LogP contribution >= 0.6 is 0 Å². The zero-order chi connectivity index (χ0) is 22.6. The van der Waals surface area contributed by atoms with Gasteiger partial charge in [0.15, 0.2) is 0 Å². The van der Waals surface area contributed by atoms with E-state index < -0.39 is 0 Å². The second kappa shape index (κ2) is 7.33. The maximum absolute atomic E-state index is 6.11. The van der Waals surface area contributed by atoms with Crippen LogP contribution in [0.15, 0.2) is 120 Å². The topological polar surface area (TPSA) is 13.1 Å². The highest BCUT2D eigenvalue weighted by molar-refractivity contribution is 6.22. The van der Waals surface area contributed by atoms with Gasteiger partial charge in [0, 0.05) is 10.8 Å². The lowest BCUT2D eigenvalue weighted by atomic mass is 9.85. The van der Waals surface area contributed by atoms with E-state index in [1.54, 1.807) is 0 Å². The molecule has 0 aliphatic heterocycles. The highest BCUT2D eigenvalue weighted by Crippen LogP contribution is 2.44. The Bertz CT molecular complexity index is 1860. The molecule has 0 aliphatic rings. The van der Waals surface area contributed by atoms with E-state index in [1.165, 1.54) is 49.4 Å². The van der Waals surface area contributed by atoms with E-state index in [4.69, 9.17) is 4.42 Å². The molecule has 7 aromatic rings. The second-order valence-electron chi connectivity index (χ2n) is 9.02. The van der Waals surface area contributed by atoms with Gasteiger partial charge < -0.3 is 4.42 Å². The van der Waals surface area contributed by atoms with Crippen molar-refractivity contribution in [2.75, 3.05) is 0 Å². The monoisotopic (exact) mass is 434 g/mol. The maximum atomic E-state index is 6.11. The largest absolute Gasteiger partial charge is 0.456 e. The van der Waals surface area contributed by atoms with E-state index in [1.807, 2.05) is 12.1 Å². The molecule has 0 fully saturated rings. The molecular formula is C33H22O. The fourth-order valence-corrected chi connectivity index (χ4v) is 5.40. The van der Waals surface area contributed by atoms with Gasteiger partial charge in [0.1, 0.15) is 11.2 Å². The molecule has 0 aliphatic carbocycles. The number of aryl methyl sites for hydroxylation is 1. The van der Waals surface area contributed by atoms with Crippen molar-refractivity contribution in [3.63, 3.8) is 0 Å². The maximum Gasteiger partial charge on any atom is 0.135 e. The normalized spacial score (nSPS) is 11.7. The van der Waals surface area contributed by atoms with Crippen LogP contribution in [0.25, 0.3) is 65.7 Å². The summed E-state index contributed by atoms with van der Waals surface area (Å²) in [5, 5.41) is 7.42. The van der Waals surface area contributed by atoms with Crippen LogP contribution in [0.2, 0.25) is 0 Å². The van der Waals surface area contributed by atoms with Crippen LogP contribution in [0.3, 0.4) is 0 Å². The molecule has 1 heterocycles. The van der Waals surface area contributed by atoms with E-state index in [2.05, 4.69) is 110 Å². The molecule has 1 aromatic heterocycles. The Morgan fingerprint density at radius 2 is 1.03 bits per heavy atom. The number of hydrogen-bond donors (Lipinski definition) is 0. The van der Waals surface area contributed by atoms with Gasteiger partial charge in [0.05, 0.1) is 0 Å². The minimum absolute atomic E-state index is 0.927. The van der Waals surface area contributed by atoms with E-state index in [9.17, 15) is 0 Å². The van der Waals surface area contributed by atoms with Gasteiger partial charge in [-0.3, -0.25) is 0 Å². The van der Waals surface area contributed by atoms with E-state index >= 15 is 0 Å². The summed E-state index contributed by atoms with van der Waals surface area (Å²) in [4.78, 5) is 0. The molecule has 0 atom stereocenters. The van der Waals surface area contributed by atoms with E-state index in [0.717, 1.165) is 21.9 Å². The molecule has 1 nitrogen and oxygen atoms in total. The molecule has 0 saturated heterocycles. The second-order valence-corrected chi connectivity index (χ2v) is 9.02. The van der Waals surface area contributed by atoms with Gasteiger partial charge in [-0.25, -0.2) is 0 Å². The summed E-state index contributed by atoms with van der Waals surface area (Å²) in [5.41, 5.74) is 8.15. The van der Waals surface area contributed by atoms with Gasteiger partial charge in [-0.15, -0.1) is 0 Å². The first-order chi connectivity index (χ1) is 16.8. The van der Waals surface area contributed by atoms with Gasteiger partial charge in [-0.05, 0) is 68.9 Å². The van der Waals surface area contributed by atoms with Crippen LogP contribution < -0.4 is 0 Å². The van der Waals surface area contributed by atoms with Crippen molar-refractivity contribution in [2.24, 2.45) is 0 Å². The third-order valence-corrected chi connectivity index (χ3v) is 6.91. The standard InChI is InChI=1S/C33H22O/c1-21-15-17-27-29(19-21)33(23-16-18-31-28(20-23)24-11-7-8-14-30(24)34-31)26-13-6-5-12-25(26)32(27)22-9-3-2-4-10-22/h2-20H,1H3. The summed E-state index contributed by atoms with van der Waals surface area (Å²) >= 11 is 0. The number of furan rings is 1. The van der Waals surface area contributed by atoms with Gasteiger partial charge in [0.2, 0.25) is 0 Å². The van der Waals surface area contributed by atoms with Gasteiger partial charge >= 0.3 is 0 Å². The van der Waals surface area contributed by atoms with Crippen LogP contribution in [0.4, 0.5) is 0 Å². The van der Waals surface area contributed by atoms with Gasteiger partial charge in [-0.1, -0.05) is 103 Å². The highest BCUT2D eigenvalue weighted by atomic mass is 16.3. The predicted octanol–water partition coefficient (Wildman–Crippen LogP) is 9.53. The van der Waals surface area contributed by atoms with Crippen molar-refractivity contribution in [3.05, 3.63) is 121 Å². The average Bonchev–Trinajstić information content (AvgIpc) is 3.25. The fourth-order valence-electron chi connectivity index (χ4n) is 5.40. The van der Waals surface area contributed by atoms with Crippen LogP contribution in [-0.2, 0) is 0 Å². The van der Waals surface area contributed by atoms with Gasteiger partial charge in [0.25, 0.3) is 0 Å². The summed E-state index contributed by atoms with van der Waals surface area (Å²) in [5.74, 6) is 0. The highest BCUT2D eigenvalue weighted by Gasteiger charge is 2.17. The lowest BCUT2D eigenvalue weighted by molar-refractivity contribution is 0.669. The molecule has 160 valence electrons. The predicted molar refractivity (Wildman–Crippen MR) is 144 cm³/mol. The Balaban J connectivity index is 1.65. The Labute approximate surface area is 197 Å². The molecule has 0 spiro atoms. The smallest absolute Gasteiger partial charge is 0.135 e. The SMILES string of the molecule is Cc1ccc2c(-c3ccccc3)c3ccccc3c(-c3ccc4oc5ccccc5c4c3)c2c1. The first-order valence-corrected chi connectivity index (χ1v) is 11.7. The van der Waals surface area contributed by atoms with Crippen LogP contribution in [0.5, 0.6) is 0 Å². The molecular weight excluding hydrogens is 412 g/mol. The van der Waals surface area contributed by atoms with Crippen molar-refractivity contribution < 1.29 is 4.42 Å². The number of rotatable bonds is 2. The third kappa shape index (κ3) is 2.80. The molecule has 0 bridgehead atoms. The zero-order valence-electron chi connectivity index (χ0n) is 18.9. The molecule has 1 heteroatoms. The Morgan fingerprint density at radius 1 is 0.412 bits per heavy atom. The van der Waals surface area contributed by atoms with Crippen LogP contribution in [-0.4, -0.2) is 0 Å². The summed E-state index contributed by atoms with van der Waals surface area (Å²) < 4.78 is 6.11. The number of fused-ring (bicyclic) bond motifs is 5. The molecule has 34 heavy (non-hydrogen) atoms. The number of benzene rings is 6. The summed E-state index contributed by atoms with van der Waals surface area (Å²) in [6.07, 6.45) is 0. The lowest BCUT2D eigenvalue weighted by Gasteiger charge is -2.18. The molecule has 0 unspecified atom stereocenters. The molecule has 0 amide bonds. The van der Waals surface area contributed by atoms with E-state index in [0.29, 0.717) is 0 Å². The van der Waals surface area contributed by atoms with Crippen molar-refractivity contribution in [1.82, 2.24) is 0 Å². The van der Waals surface area contributed by atoms with Crippen LogP contribution in [0.1, 0.15) is 5.56 Å². The number of para-hydroxylation sites is 1. The quantitative estimate of drug-likeness (QED) is 0.247. The summed E-state index contributed by atoms with van der Waals surface area (Å²) in [7, 11) is 0. The van der Waals surface area contributed by atoms with Crippen molar-refractivity contribution >= 4 is 43.5 Å². The number of hydrogen-bond acceptors (Lipinski definition) is 1. The molecule has 7 rings (SSSR count). The van der Waals surface area contributed by atoms with Gasteiger partial charge in [-0.2, -0.15) is 0 Å². The Hall–Kier alpha value is -4.36. The minimum Gasteiger partial charge on any atom is -0.456 e. The zero-order valence-corrected chi connectivity index (χ0v) is 18.9. The van der Waals surface area contributed by atoms with Crippen molar-refractivity contribution in [3.8, 4) is 22.3 Å². The van der Waals surface area contributed by atoms with Crippen molar-refractivity contribution in [1.29, 1.82) is 0 Å². The molecule has 0 N–H and O–H groups in total. The van der Waals surface area contributed by atoms with Crippen molar-refractivity contribution in [2.45, 2.75) is 6.92 Å². The first-order valence-electron chi connectivity index (χ1n) is 11.7. The Kier molecular flexibility index (Phi) is 4.13. The molecule has 0 saturated carbocycles. The Morgan fingerprint density at radius 3 is 1.82 bits per heavy atom. The average molecular weight is 435 g/mol. The summed E-state index contributed by atoms with van der Waals surface area (Å²) in [6.45, 7) is 2.17. The molecule has 6 aromatic carbocycles. The lowest BCUT2D eigenvalue weighted by Crippen LogP contribution is -1.91. The van der Waals surface area contributed by atoms with Crippen LogP contribution in [0, 0.1) is 6.92 Å². The minimum atomic E-state index is 0.927. The first kappa shape index (κ1) is 19.1. The fraction of sp³-hybridized carbons (Fsp3) is 0.0303. The van der Waals surface area contributed by atoms with E-state index in [-0.39, 0.29) is 0 Å². The summed E-state index contributed by atoms with van der Waals surface area (Å²) in [6, 6.07) is 41.3. The molecule has 0 radical (unpaired) electrons. The third-order valence-electron chi connectivity index (χ3n) is 6.91.